The normalized spacial score (nSPS) is 14.4. The van der Waals surface area contributed by atoms with Gasteiger partial charge in [0, 0.05) is 49.4 Å². The zero-order chi connectivity index (χ0) is 21.5. The Kier molecular flexibility index (Phi) is 7.17. The van der Waals surface area contributed by atoms with Crippen LogP contribution in [0.5, 0.6) is 5.75 Å². The van der Waals surface area contributed by atoms with Gasteiger partial charge in [0.15, 0.2) is 0 Å². The molecule has 0 saturated carbocycles. The summed E-state index contributed by atoms with van der Waals surface area (Å²) in [6, 6.07) is 18.0. The number of hydrogen-bond acceptors (Lipinski definition) is 6. The lowest BCUT2D eigenvalue weighted by atomic mass is 10.1. The van der Waals surface area contributed by atoms with Gasteiger partial charge in [-0.05, 0) is 29.6 Å². The van der Waals surface area contributed by atoms with E-state index in [1.165, 1.54) is 4.88 Å². The molecule has 0 unspecified atom stereocenters. The van der Waals surface area contributed by atoms with Crippen molar-refractivity contribution in [3.63, 3.8) is 0 Å². The van der Waals surface area contributed by atoms with Crippen molar-refractivity contribution >= 4 is 23.1 Å². The Morgan fingerprint density at radius 2 is 1.84 bits per heavy atom. The third-order valence-electron chi connectivity index (χ3n) is 5.54. The van der Waals surface area contributed by atoms with Crippen LogP contribution in [-0.2, 0) is 17.9 Å². The van der Waals surface area contributed by atoms with Crippen molar-refractivity contribution in [1.82, 2.24) is 14.8 Å². The molecule has 4 rings (SSSR count). The first-order chi connectivity index (χ1) is 15.2. The smallest absolute Gasteiger partial charge is 0.237 e. The first kappa shape index (κ1) is 21.3. The first-order valence-corrected chi connectivity index (χ1v) is 11.4. The zero-order valence-corrected chi connectivity index (χ0v) is 18.6. The minimum atomic E-state index is 0.144. The van der Waals surface area contributed by atoms with Crippen LogP contribution in [0, 0.1) is 0 Å². The predicted molar refractivity (Wildman–Crippen MR) is 124 cm³/mol. The molecule has 1 saturated heterocycles. The Morgan fingerprint density at radius 3 is 2.55 bits per heavy atom. The van der Waals surface area contributed by atoms with Crippen molar-refractivity contribution in [2.75, 3.05) is 44.7 Å². The summed E-state index contributed by atoms with van der Waals surface area (Å²) in [5.41, 5.74) is 1.02. The van der Waals surface area contributed by atoms with E-state index in [1.54, 1.807) is 18.4 Å². The summed E-state index contributed by atoms with van der Waals surface area (Å²) < 4.78 is 5.51. The molecule has 7 heteroatoms. The summed E-state index contributed by atoms with van der Waals surface area (Å²) >= 11 is 1.68. The molecule has 3 heterocycles. The largest absolute Gasteiger partial charge is 0.496 e. The molecule has 1 aliphatic rings. The quantitative estimate of drug-likeness (QED) is 0.541. The number of benzene rings is 1. The molecule has 0 N–H and O–H groups in total. The van der Waals surface area contributed by atoms with E-state index in [0.717, 1.165) is 43.3 Å². The van der Waals surface area contributed by atoms with Crippen molar-refractivity contribution in [3.05, 3.63) is 76.6 Å². The second-order valence-electron chi connectivity index (χ2n) is 7.59. The standard InChI is InChI=1S/C24H28N4O2S/c1-30-22-9-3-2-7-20(22)17-28(18-21-8-6-16-31-21)24(29)19-26-12-14-27(15-13-26)23-10-4-5-11-25-23/h2-11,16H,12-15,17-19H2,1H3. The Morgan fingerprint density at radius 1 is 1.03 bits per heavy atom. The van der Waals surface area contributed by atoms with Gasteiger partial charge in [0.25, 0.3) is 0 Å². The van der Waals surface area contributed by atoms with Crippen molar-refractivity contribution in [2.24, 2.45) is 0 Å². The topological polar surface area (TPSA) is 48.9 Å². The van der Waals surface area contributed by atoms with Gasteiger partial charge < -0.3 is 14.5 Å². The van der Waals surface area contributed by atoms with Crippen LogP contribution < -0.4 is 9.64 Å². The number of rotatable bonds is 8. The molecule has 6 nitrogen and oxygen atoms in total. The van der Waals surface area contributed by atoms with Crippen LogP contribution in [0.3, 0.4) is 0 Å². The van der Waals surface area contributed by atoms with Crippen LogP contribution in [0.4, 0.5) is 5.82 Å². The third kappa shape index (κ3) is 5.62. The van der Waals surface area contributed by atoms with Gasteiger partial charge in [0.05, 0.1) is 20.2 Å². The van der Waals surface area contributed by atoms with Crippen LogP contribution in [-0.4, -0.2) is 60.5 Å². The second-order valence-corrected chi connectivity index (χ2v) is 8.62. The highest BCUT2D eigenvalue weighted by Gasteiger charge is 2.23. The number of nitrogens with zero attached hydrogens (tertiary/aromatic N) is 4. The summed E-state index contributed by atoms with van der Waals surface area (Å²) in [6.45, 7) is 5.03. The molecule has 0 radical (unpaired) electrons. The maximum Gasteiger partial charge on any atom is 0.237 e. The van der Waals surface area contributed by atoms with Crippen LogP contribution in [0.1, 0.15) is 10.4 Å². The van der Waals surface area contributed by atoms with Gasteiger partial charge in [-0.1, -0.05) is 30.3 Å². The number of methoxy groups -OCH3 is 1. The highest BCUT2D eigenvalue weighted by Crippen LogP contribution is 2.22. The number of anilines is 1. The Hall–Kier alpha value is -2.90. The number of amides is 1. The van der Waals surface area contributed by atoms with Gasteiger partial charge in [0.1, 0.15) is 11.6 Å². The SMILES string of the molecule is COc1ccccc1CN(Cc1cccs1)C(=O)CN1CCN(c2ccccn2)CC1. The number of pyridine rings is 1. The average molecular weight is 437 g/mol. The van der Waals surface area contributed by atoms with Crippen molar-refractivity contribution < 1.29 is 9.53 Å². The minimum Gasteiger partial charge on any atom is -0.496 e. The second kappa shape index (κ2) is 10.4. The van der Waals surface area contributed by atoms with Crippen LogP contribution in [0.15, 0.2) is 66.2 Å². The molecule has 1 amide bonds. The molecule has 0 bridgehead atoms. The fraction of sp³-hybridized carbons (Fsp3) is 0.333. The zero-order valence-electron chi connectivity index (χ0n) is 17.8. The lowest BCUT2D eigenvalue weighted by Gasteiger charge is -2.36. The fourth-order valence-electron chi connectivity index (χ4n) is 3.83. The Balaban J connectivity index is 1.40. The van der Waals surface area contributed by atoms with Crippen molar-refractivity contribution in [2.45, 2.75) is 13.1 Å². The van der Waals surface area contributed by atoms with Gasteiger partial charge in [-0.2, -0.15) is 0 Å². The molecule has 0 spiro atoms. The molecule has 1 fully saturated rings. The molecule has 1 aliphatic heterocycles. The summed E-state index contributed by atoms with van der Waals surface area (Å²) in [6.07, 6.45) is 1.82. The molecule has 0 atom stereocenters. The molecule has 1 aromatic carbocycles. The lowest BCUT2D eigenvalue weighted by molar-refractivity contribution is -0.133. The van der Waals surface area contributed by atoms with E-state index in [4.69, 9.17) is 4.74 Å². The Labute approximate surface area is 187 Å². The minimum absolute atomic E-state index is 0.144. The van der Waals surface area contributed by atoms with Gasteiger partial charge in [-0.25, -0.2) is 4.98 Å². The van der Waals surface area contributed by atoms with Gasteiger partial charge in [-0.15, -0.1) is 11.3 Å². The molecule has 31 heavy (non-hydrogen) atoms. The molecule has 0 aliphatic carbocycles. The average Bonchev–Trinajstić information content (AvgIpc) is 3.33. The van der Waals surface area contributed by atoms with E-state index in [-0.39, 0.29) is 5.91 Å². The molecule has 162 valence electrons. The van der Waals surface area contributed by atoms with E-state index in [2.05, 4.69) is 26.2 Å². The summed E-state index contributed by atoms with van der Waals surface area (Å²) in [5, 5.41) is 2.05. The van der Waals surface area contributed by atoms with E-state index in [1.807, 2.05) is 59.6 Å². The number of thiophene rings is 1. The highest BCUT2D eigenvalue weighted by atomic mass is 32.1. The van der Waals surface area contributed by atoms with Crippen molar-refractivity contribution in [3.8, 4) is 5.75 Å². The van der Waals surface area contributed by atoms with E-state index < -0.39 is 0 Å². The summed E-state index contributed by atoms with van der Waals surface area (Å²) in [5.74, 6) is 1.96. The number of hydrogen-bond donors (Lipinski definition) is 0. The number of aromatic nitrogens is 1. The number of piperazine rings is 1. The fourth-order valence-corrected chi connectivity index (χ4v) is 4.55. The highest BCUT2D eigenvalue weighted by molar-refractivity contribution is 7.09. The third-order valence-corrected chi connectivity index (χ3v) is 6.40. The maximum absolute atomic E-state index is 13.3. The van der Waals surface area contributed by atoms with Crippen molar-refractivity contribution in [1.29, 1.82) is 0 Å². The monoisotopic (exact) mass is 436 g/mol. The molecule has 2 aromatic heterocycles. The maximum atomic E-state index is 13.3. The number of para-hydroxylation sites is 1. The predicted octanol–water partition coefficient (Wildman–Crippen LogP) is 3.50. The Bertz CT molecular complexity index is 957. The summed E-state index contributed by atoms with van der Waals surface area (Å²) in [4.78, 5) is 25.4. The molecular formula is C24H28N4O2S. The first-order valence-electron chi connectivity index (χ1n) is 10.5. The molecule has 3 aromatic rings. The van der Waals surface area contributed by atoms with Crippen LogP contribution >= 0.6 is 11.3 Å². The van der Waals surface area contributed by atoms with Gasteiger partial charge in [0.2, 0.25) is 5.91 Å². The van der Waals surface area contributed by atoms with E-state index >= 15 is 0 Å². The van der Waals surface area contributed by atoms with Gasteiger partial charge in [-0.3, -0.25) is 9.69 Å². The lowest BCUT2D eigenvalue weighted by Crippen LogP contribution is -2.50. The van der Waals surface area contributed by atoms with Gasteiger partial charge >= 0.3 is 0 Å². The summed E-state index contributed by atoms with van der Waals surface area (Å²) in [7, 11) is 1.67. The number of carbonyl (C=O) groups excluding carboxylic acids is 1. The number of carbonyl (C=O) groups is 1. The molecular weight excluding hydrogens is 408 g/mol. The van der Waals surface area contributed by atoms with E-state index in [9.17, 15) is 4.79 Å². The van der Waals surface area contributed by atoms with Crippen LogP contribution in [0.25, 0.3) is 0 Å². The van der Waals surface area contributed by atoms with Crippen LogP contribution in [0.2, 0.25) is 0 Å². The van der Waals surface area contributed by atoms with E-state index in [0.29, 0.717) is 19.6 Å². The number of ether oxygens (including phenoxy) is 1.